The van der Waals surface area contributed by atoms with E-state index in [9.17, 15) is 9.90 Å². The molecule has 7 heteroatoms. The Hall–Kier alpha value is -3.03. The third-order valence-electron chi connectivity index (χ3n) is 6.03. The quantitative estimate of drug-likeness (QED) is 0.489. The number of phenolic OH excluding ortho intramolecular Hbond substituents is 1. The summed E-state index contributed by atoms with van der Waals surface area (Å²) in [6, 6.07) is 11.0. The van der Waals surface area contributed by atoms with Gasteiger partial charge in [-0.1, -0.05) is 24.3 Å². The summed E-state index contributed by atoms with van der Waals surface area (Å²) in [5.74, 6) is -0.492. The summed E-state index contributed by atoms with van der Waals surface area (Å²) in [4.78, 5) is 15.6. The lowest BCUT2D eigenvalue weighted by atomic mass is 9.88. The van der Waals surface area contributed by atoms with Crippen LogP contribution in [0.15, 0.2) is 42.5 Å². The molecule has 0 bridgehead atoms. The second-order valence-electron chi connectivity index (χ2n) is 7.67. The van der Waals surface area contributed by atoms with Gasteiger partial charge in [0.05, 0.1) is 5.56 Å². The van der Waals surface area contributed by atoms with Crippen molar-refractivity contribution in [2.45, 2.75) is 18.6 Å². The number of benzene rings is 2. The predicted octanol–water partition coefficient (Wildman–Crippen LogP) is 2.37. The van der Waals surface area contributed by atoms with Crippen LogP contribution >= 0.6 is 0 Å². The summed E-state index contributed by atoms with van der Waals surface area (Å²) in [6.07, 6.45) is 4.04. The molecule has 158 valence electrons. The van der Waals surface area contributed by atoms with E-state index in [0.29, 0.717) is 11.1 Å². The SMILES string of the molecule is CNC1=CC(NC)(NC)Nc2ccc(-c3ccccc3O)c(C(=O)N3CCCC3)c21. The molecule has 2 aromatic rings. The number of amides is 1. The molecule has 7 nitrogen and oxygen atoms in total. The lowest BCUT2D eigenvalue weighted by molar-refractivity contribution is 0.0793. The number of likely N-dealkylation sites (N-methyl/N-ethyl adjacent to an activating group) is 2. The minimum Gasteiger partial charge on any atom is -0.507 e. The summed E-state index contributed by atoms with van der Waals surface area (Å²) < 4.78 is 0. The number of nitrogens with one attached hydrogen (secondary N) is 4. The van der Waals surface area contributed by atoms with Gasteiger partial charge in [0.2, 0.25) is 0 Å². The van der Waals surface area contributed by atoms with E-state index in [1.165, 1.54) is 0 Å². The first-order valence-corrected chi connectivity index (χ1v) is 10.3. The molecule has 4 rings (SSSR count). The Labute approximate surface area is 177 Å². The van der Waals surface area contributed by atoms with Gasteiger partial charge in [-0.15, -0.1) is 0 Å². The smallest absolute Gasteiger partial charge is 0.255 e. The van der Waals surface area contributed by atoms with Gasteiger partial charge in [-0.25, -0.2) is 0 Å². The van der Waals surface area contributed by atoms with Crippen molar-refractivity contribution in [1.82, 2.24) is 20.9 Å². The zero-order valence-corrected chi connectivity index (χ0v) is 17.7. The predicted molar refractivity (Wildman–Crippen MR) is 120 cm³/mol. The van der Waals surface area contributed by atoms with E-state index in [2.05, 4.69) is 21.3 Å². The molecule has 0 radical (unpaired) electrons. The van der Waals surface area contributed by atoms with E-state index < -0.39 is 5.79 Å². The van der Waals surface area contributed by atoms with Crippen molar-refractivity contribution in [3.63, 3.8) is 0 Å². The van der Waals surface area contributed by atoms with E-state index in [4.69, 9.17) is 0 Å². The van der Waals surface area contributed by atoms with Crippen LogP contribution in [0.4, 0.5) is 5.69 Å². The molecule has 0 atom stereocenters. The van der Waals surface area contributed by atoms with Crippen molar-refractivity contribution in [3.8, 4) is 16.9 Å². The largest absolute Gasteiger partial charge is 0.507 e. The zero-order chi connectivity index (χ0) is 21.3. The third-order valence-corrected chi connectivity index (χ3v) is 6.03. The molecule has 0 spiro atoms. The molecule has 0 aromatic heterocycles. The number of para-hydroxylation sites is 1. The Bertz CT molecular complexity index is 991. The first-order valence-electron chi connectivity index (χ1n) is 10.3. The topological polar surface area (TPSA) is 88.7 Å². The van der Waals surface area contributed by atoms with Gasteiger partial charge in [-0.05, 0) is 50.7 Å². The number of likely N-dealkylation sites (tertiary alicyclic amines) is 1. The second-order valence-corrected chi connectivity index (χ2v) is 7.67. The number of rotatable bonds is 5. The van der Waals surface area contributed by atoms with Gasteiger partial charge in [-0.2, -0.15) is 0 Å². The zero-order valence-electron chi connectivity index (χ0n) is 17.7. The normalized spacial score (nSPS) is 17.2. The first kappa shape index (κ1) is 20.3. The number of hydrogen-bond donors (Lipinski definition) is 5. The van der Waals surface area contributed by atoms with Crippen LogP contribution in [0.3, 0.4) is 0 Å². The van der Waals surface area contributed by atoms with E-state index in [1.54, 1.807) is 12.1 Å². The highest BCUT2D eigenvalue weighted by Gasteiger charge is 2.35. The van der Waals surface area contributed by atoms with Gasteiger partial charge in [0.1, 0.15) is 5.75 Å². The molecule has 30 heavy (non-hydrogen) atoms. The fourth-order valence-corrected chi connectivity index (χ4v) is 4.34. The van der Waals surface area contributed by atoms with Crippen LogP contribution in [0.2, 0.25) is 0 Å². The van der Waals surface area contributed by atoms with Crippen molar-refractivity contribution in [2.24, 2.45) is 0 Å². The van der Waals surface area contributed by atoms with Crippen LogP contribution in [0.1, 0.15) is 28.8 Å². The fraction of sp³-hybridized carbons (Fsp3) is 0.348. The molecule has 0 aliphatic carbocycles. The van der Waals surface area contributed by atoms with Crippen molar-refractivity contribution < 1.29 is 9.90 Å². The summed E-state index contributed by atoms with van der Waals surface area (Å²) in [5, 5.41) is 23.8. The van der Waals surface area contributed by atoms with Crippen molar-refractivity contribution in [1.29, 1.82) is 0 Å². The molecule has 2 aliphatic heterocycles. The highest BCUT2D eigenvalue weighted by atomic mass is 16.3. The van der Waals surface area contributed by atoms with Crippen LogP contribution in [-0.2, 0) is 0 Å². The maximum absolute atomic E-state index is 13.7. The van der Waals surface area contributed by atoms with Crippen LogP contribution in [0.25, 0.3) is 16.8 Å². The highest BCUT2D eigenvalue weighted by molar-refractivity contribution is 6.08. The lowest BCUT2D eigenvalue weighted by Gasteiger charge is -2.38. The van der Waals surface area contributed by atoms with Crippen molar-refractivity contribution in [2.75, 3.05) is 39.5 Å². The molecule has 0 unspecified atom stereocenters. The van der Waals surface area contributed by atoms with Gasteiger partial charge in [0.15, 0.2) is 5.79 Å². The molecule has 5 N–H and O–H groups in total. The van der Waals surface area contributed by atoms with Crippen LogP contribution < -0.4 is 21.3 Å². The molecule has 2 heterocycles. The Morgan fingerprint density at radius 2 is 1.73 bits per heavy atom. The number of hydrogen-bond acceptors (Lipinski definition) is 6. The van der Waals surface area contributed by atoms with E-state index in [0.717, 1.165) is 48.4 Å². The van der Waals surface area contributed by atoms with E-state index in [1.807, 2.05) is 56.4 Å². The van der Waals surface area contributed by atoms with Crippen molar-refractivity contribution >= 4 is 17.3 Å². The standard InChI is InChI=1S/C23H29N5O2/c1-24-18-14-23(25-2,26-3)27-17-11-10-16(15-8-4-5-9-19(15)29)20(21(17)18)22(30)28-12-6-7-13-28/h4-5,8-11,14,24-27,29H,6-7,12-13H2,1-3H3. The molecule has 2 aromatic carbocycles. The molecular formula is C23H29N5O2. The molecule has 2 aliphatic rings. The summed E-state index contributed by atoms with van der Waals surface area (Å²) in [7, 11) is 5.59. The van der Waals surface area contributed by atoms with Gasteiger partial charge < -0.3 is 20.6 Å². The average Bonchev–Trinajstić information content (AvgIpc) is 3.32. The summed E-state index contributed by atoms with van der Waals surface area (Å²) in [6.45, 7) is 1.51. The Morgan fingerprint density at radius 1 is 1.03 bits per heavy atom. The Balaban J connectivity index is 1.98. The van der Waals surface area contributed by atoms with Crippen LogP contribution in [0, 0.1) is 0 Å². The second kappa shape index (κ2) is 8.01. The first-order chi connectivity index (χ1) is 14.5. The van der Waals surface area contributed by atoms with Gasteiger partial charge in [0, 0.05) is 42.6 Å². The van der Waals surface area contributed by atoms with E-state index >= 15 is 0 Å². The van der Waals surface area contributed by atoms with Gasteiger partial charge >= 0.3 is 0 Å². The third kappa shape index (κ3) is 3.30. The molecule has 1 saturated heterocycles. The highest BCUT2D eigenvalue weighted by Crippen LogP contribution is 2.41. The maximum Gasteiger partial charge on any atom is 0.255 e. The van der Waals surface area contributed by atoms with Crippen LogP contribution in [0.5, 0.6) is 5.75 Å². The van der Waals surface area contributed by atoms with Crippen LogP contribution in [-0.4, -0.2) is 55.9 Å². The van der Waals surface area contributed by atoms with Gasteiger partial charge in [0.25, 0.3) is 5.91 Å². The molecule has 1 amide bonds. The minimum absolute atomic E-state index is 0.00744. The monoisotopic (exact) mass is 407 g/mol. The number of phenols is 1. The van der Waals surface area contributed by atoms with Gasteiger partial charge in [-0.3, -0.25) is 15.4 Å². The number of anilines is 1. The Kier molecular flexibility index (Phi) is 5.40. The number of carbonyl (C=O) groups is 1. The fourth-order valence-electron chi connectivity index (χ4n) is 4.34. The number of carbonyl (C=O) groups excluding carboxylic acids is 1. The number of aromatic hydroxyl groups is 1. The maximum atomic E-state index is 13.7. The molecule has 0 saturated carbocycles. The molecule has 1 fully saturated rings. The average molecular weight is 408 g/mol. The molecular weight excluding hydrogens is 378 g/mol. The number of nitrogens with zero attached hydrogens (tertiary/aromatic N) is 1. The van der Waals surface area contributed by atoms with Crippen molar-refractivity contribution in [3.05, 3.63) is 53.6 Å². The Morgan fingerprint density at radius 3 is 2.37 bits per heavy atom. The minimum atomic E-state index is -0.643. The number of fused-ring (bicyclic) bond motifs is 1. The summed E-state index contributed by atoms with van der Waals surface area (Å²) in [5.41, 5.74) is 4.48. The summed E-state index contributed by atoms with van der Waals surface area (Å²) >= 11 is 0. The lowest BCUT2D eigenvalue weighted by Crippen LogP contribution is -2.60. The van der Waals surface area contributed by atoms with E-state index in [-0.39, 0.29) is 11.7 Å².